The Labute approximate surface area is 495 Å². The van der Waals surface area contributed by atoms with Gasteiger partial charge in [-0.15, -0.1) is 0 Å². The van der Waals surface area contributed by atoms with E-state index in [0.29, 0.717) is 19.3 Å². The van der Waals surface area contributed by atoms with Crippen LogP contribution < -0.4 is 0 Å². The first-order valence-corrected chi connectivity index (χ1v) is 33.9. The summed E-state index contributed by atoms with van der Waals surface area (Å²) >= 11 is 0. The molecule has 0 saturated heterocycles. The highest BCUT2D eigenvalue weighted by Crippen LogP contribution is 2.16. The molecule has 1 atom stereocenters. The van der Waals surface area contributed by atoms with Gasteiger partial charge in [-0.05, 0) is 109 Å². The molecule has 458 valence electrons. The van der Waals surface area contributed by atoms with Gasteiger partial charge < -0.3 is 14.2 Å². The first kappa shape index (κ1) is 76.1. The van der Waals surface area contributed by atoms with Crippen molar-refractivity contribution in [1.29, 1.82) is 0 Å². The third-order valence-corrected chi connectivity index (χ3v) is 14.5. The van der Waals surface area contributed by atoms with Crippen LogP contribution in [0.5, 0.6) is 0 Å². The van der Waals surface area contributed by atoms with Crippen LogP contribution in [0.1, 0.15) is 323 Å². The summed E-state index contributed by atoms with van der Waals surface area (Å²) in [6, 6.07) is 0. The molecule has 0 fully saturated rings. The lowest BCUT2D eigenvalue weighted by Crippen LogP contribution is -2.30. The number of rotatable bonds is 61. The first-order chi connectivity index (χ1) is 39.5. The molecule has 0 heterocycles. The highest BCUT2D eigenvalue weighted by molar-refractivity contribution is 5.71. The van der Waals surface area contributed by atoms with E-state index in [0.717, 1.165) is 122 Å². The molecule has 80 heavy (non-hydrogen) atoms. The molecule has 6 nitrogen and oxygen atoms in total. The highest BCUT2D eigenvalue weighted by Gasteiger charge is 2.19. The van der Waals surface area contributed by atoms with E-state index in [9.17, 15) is 14.4 Å². The van der Waals surface area contributed by atoms with Crippen LogP contribution in [-0.4, -0.2) is 37.2 Å². The van der Waals surface area contributed by atoms with Gasteiger partial charge in [0, 0.05) is 19.3 Å². The zero-order chi connectivity index (χ0) is 57.8. The number of hydrogen-bond donors (Lipinski definition) is 0. The van der Waals surface area contributed by atoms with Gasteiger partial charge in [-0.2, -0.15) is 0 Å². The molecule has 0 aromatic carbocycles. The fourth-order valence-electron chi connectivity index (χ4n) is 9.45. The number of esters is 3. The van der Waals surface area contributed by atoms with E-state index in [1.165, 1.54) is 161 Å². The Morgan fingerprint density at radius 2 is 0.487 bits per heavy atom. The minimum Gasteiger partial charge on any atom is -0.462 e. The van der Waals surface area contributed by atoms with Crippen molar-refractivity contribution in [2.75, 3.05) is 13.2 Å². The summed E-state index contributed by atoms with van der Waals surface area (Å²) < 4.78 is 16.9. The second kappa shape index (κ2) is 67.6. The Hall–Kier alpha value is -3.93. The van der Waals surface area contributed by atoms with Crippen LogP contribution in [0.25, 0.3) is 0 Å². The number of hydrogen-bond acceptors (Lipinski definition) is 6. The summed E-state index contributed by atoms with van der Waals surface area (Å²) in [5.41, 5.74) is 0. The van der Waals surface area contributed by atoms with Crippen LogP contribution >= 0.6 is 0 Å². The largest absolute Gasteiger partial charge is 0.462 e. The number of carbonyl (C=O) groups excluding carboxylic acids is 3. The average Bonchev–Trinajstić information content (AvgIpc) is 3.46. The Morgan fingerprint density at radius 1 is 0.263 bits per heavy atom. The molecule has 0 saturated carbocycles. The van der Waals surface area contributed by atoms with Crippen molar-refractivity contribution in [2.24, 2.45) is 0 Å². The van der Waals surface area contributed by atoms with Crippen molar-refractivity contribution in [3.63, 3.8) is 0 Å². The minimum absolute atomic E-state index is 0.0786. The molecule has 6 heteroatoms. The predicted octanol–water partition coefficient (Wildman–Crippen LogP) is 23.4. The fourth-order valence-corrected chi connectivity index (χ4v) is 9.45. The maximum absolute atomic E-state index is 12.9. The zero-order valence-corrected chi connectivity index (χ0v) is 52.6. The SMILES string of the molecule is CC/C=C\C/C=C\C/C=C\C/C=C\C/C=C\C/C=C\C/C=C\C/C=C\CCCCCCCCCCCCC(=O)OCC(COC(=O)CCCCCCCCCCCCCCC)OC(=O)CCCCCCC/C=C\CCCCCCC. The van der Waals surface area contributed by atoms with Crippen LogP contribution in [-0.2, 0) is 28.6 Å². The summed E-state index contributed by atoms with van der Waals surface area (Å²) in [5.74, 6) is -0.881. The maximum atomic E-state index is 12.9. The smallest absolute Gasteiger partial charge is 0.306 e. The summed E-state index contributed by atoms with van der Waals surface area (Å²) in [6.45, 7) is 6.53. The molecule has 0 N–H and O–H groups in total. The quantitative estimate of drug-likeness (QED) is 0.0261. The van der Waals surface area contributed by atoms with Crippen molar-refractivity contribution in [3.05, 3.63) is 109 Å². The van der Waals surface area contributed by atoms with E-state index in [4.69, 9.17) is 14.2 Å². The molecule has 0 rings (SSSR count). The van der Waals surface area contributed by atoms with Gasteiger partial charge in [-0.25, -0.2) is 0 Å². The molecule has 0 radical (unpaired) electrons. The van der Waals surface area contributed by atoms with Crippen LogP contribution in [0.2, 0.25) is 0 Å². The van der Waals surface area contributed by atoms with E-state index in [-0.39, 0.29) is 31.1 Å². The third kappa shape index (κ3) is 64.9. The molecule has 0 aromatic heterocycles. The molecular weight excluding hydrogens is 985 g/mol. The number of carbonyl (C=O) groups is 3. The van der Waals surface area contributed by atoms with Crippen molar-refractivity contribution < 1.29 is 28.6 Å². The van der Waals surface area contributed by atoms with Gasteiger partial charge in [0.05, 0.1) is 0 Å². The van der Waals surface area contributed by atoms with Gasteiger partial charge in [0.15, 0.2) is 6.10 Å². The van der Waals surface area contributed by atoms with Crippen LogP contribution in [0.3, 0.4) is 0 Å². The molecule has 1 unspecified atom stereocenters. The van der Waals surface area contributed by atoms with Gasteiger partial charge in [-0.1, -0.05) is 304 Å². The molecule has 0 bridgehead atoms. The van der Waals surface area contributed by atoms with Gasteiger partial charge in [0.1, 0.15) is 13.2 Å². The highest BCUT2D eigenvalue weighted by atomic mass is 16.6. The van der Waals surface area contributed by atoms with Crippen LogP contribution in [0.15, 0.2) is 109 Å². The van der Waals surface area contributed by atoms with E-state index in [1.54, 1.807) is 0 Å². The standard InChI is InChI=1S/C74H126O6/c1-4-7-10-13-16-19-22-25-27-28-29-30-31-32-33-34-35-36-37-38-39-40-41-42-43-44-45-46-47-50-52-55-58-61-64-67-73(76)79-70-71(69-78-72(75)66-63-60-57-54-51-48-24-21-18-15-12-9-6-3)80-74(77)68-65-62-59-56-53-49-26-23-20-17-14-11-8-5-2/h7,10,16,19,23,25-27,29-30,32-33,35-36,38-39,41-42,71H,4-6,8-9,11-15,17-18,20-22,24,28,31,34,37,40,43-70H2,1-3H3/b10-7-,19-16-,26-23-,27-25-,30-29-,33-32-,36-35-,39-38-,42-41-. The first-order valence-electron chi connectivity index (χ1n) is 33.9. The lowest BCUT2D eigenvalue weighted by atomic mass is 10.0. The molecular formula is C74H126O6. The fraction of sp³-hybridized carbons (Fsp3) is 0.716. The summed E-state index contributed by atoms with van der Waals surface area (Å²) in [5, 5.41) is 0. The molecule has 0 aliphatic rings. The number of ether oxygens (including phenoxy) is 3. The maximum Gasteiger partial charge on any atom is 0.306 e. The third-order valence-electron chi connectivity index (χ3n) is 14.5. The van der Waals surface area contributed by atoms with Crippen molar-refractivity contribution in [2.45, 2.75) is 329 Å². The van der Waals surface area contributed by atoms with E-state index < -0.39 is 6.10 Å². The molecule has 0 aliphatic carbocycles. The van der Waals surface area contributed by atoms with Crippen LogP contribution in [0.4, 0.5) is 0 Å². The lowest BCUT2D eigenvalue weighted by Gasteiger charge is -2.18. The zero-order valence-electron chi connectivity index (χ0n) is 52.6. The molecule has 0 aromatic rings. The number of unbranched alkanes of at least 4 members (excludes halogenated alkanes) is 32. The minimum atomic E-state index is -0.782. The van der Waals surface area contributed by atoms with Gasteiger partial charge >= 0.3 is 17.9 Å². The topological polar surface area (TPSA) is 78.9 Å². The van der Waals surface area contributed by atoms with Crippen molar-refractivity contribution >= 4 is 17.9 Å². The van der Waals surface area contributed by atoms with E-state index >= 15 is 0 Å². The summed E-state index contributed by atoms with van der Waals surface area (Å²) in [4.78, 5) is 38.3. The Morgan fingerprint density at radius 3 is 0.775 bits per heavy atom. The second-order valence-electron chi connectivity index (χ2n) is 22.4. The second-order valence-corrected chi connectivity index (χ2v) is 22.4. The van der Waals surface area contributed by atoms with Crippen molar-refractivity contribution in [3.8, 4) is 0 Å². The summed E-state index contributed by atoms with van der Waals surface area (Å²) in [6.07, 6.45) is 92.5. The van der Waals surface area contributed by atoms with E-state index in [2.05, 4.69) is 130 Å². The predicted molar refractivity (Wildman–Crippen MR) is 348 cm³/mol. The van der Waals surface area contributed by atoms with Crippen molar-refractivity contribution in [1.82, 2.24) is 0 Å². The van der Waals surface area contributed by atoms with Crippen LogP contribution in [0, 0.1) is 0 Å². The Bertz CT molecular complexity index is 1610. The molecule has 0 spiro atoms. The van der Waals surface area contributed by atoms with Gasteiger partial charge in [-0.3, -0.25) is 14.4 Å². The van der Waals surface area contributed by atoms with E-state index in [1.807, 2.05) is 0 Å². The average molecular weight is 1110 g/mol. The Kier molecular flexibility index (Phi) is 64.3. The van der Waals surface area contributed by atoms with Gasteiger partial charge in [0.2, 0.25) is 0 Å². The summed E-state index contributed by atoms with van der Waals surface area (Å²) in [7, 11) is 0. The monoisotopic (exact) mass is 1110 g/mol. The lowest BCUT2D eigenvalue weighted by molar-refractivity contribution is -0.167. The Balaban J connectivity index is 4.20. The van der Waals surface area contributed by atoms with Gasteiger partial charge in [0.25, 0.3) is 0 Å². The molecule has 0 aliphatic heterocycles. The molecule has 0 amide bonds. The number of allylic oxidation sites excluding steroid dienone is 18. The normalized spacial score (nSPS) is 12.8.